The number of benzene rings is 1. The molecule has 0 aliphatic rings. The van der Waals surface area contributed by atoms with Gasteiger partial charge in [-0.1, -0.05) is 12.1 Å². The molecule has 5 heteroatoms. The molecule has 0 amide bonds. The van der Waals surface area contributed by atoms with E-state index in [2.05, 4.69) is 0 Å². The molecule has 0 spiro atoms. The van der Waals surface area contributed by atoms with Crippen molar-refractivity contribution in [2.24, 2.45) is 0 Å². The fourth-order valence-electron chi connectivity index (χ4n) is 1.92. The van der Waals surface area contributed by atoms with Crippen LogP contribution in [-0.4, -0.2) is 31.2 Å². The second-order valence-electron chi connectivity index (χ2n) is 5.28. The van der Waals surface area contributed by atoms with Gasteiger partial charge in [-0.05, 0) is 38.5 Å². The molecular formula is C14H16BNO3. The number of nitrogens with zero attached hydrogens (tertiary/aromatic N) is 1. The van der Waals surface area contributed by atoms with Crippen LogP contribution < -0.4 is 10.3 Å². The molecule has 2 rings (SSSR count). The zero-order chi connectivity index (χ0) is 14.2. The number of aromatic nitrogens is 1. The van der Waals surface area contributed by atoms with E-state index >= 15 is 0 Å². The lowest BCUT2D eigenvalue weighted by Gasteiger charge is -2.21. The first-order chi connectivity index (χ1) is 8.83. The Hall–Kier alpha value is -1.91. The first-order valence-corrected chi connectivity index (χ1v) is 6.01. The molecule has 0 unspecified atom stereocenters. The number of ether oxygens (including phenoxy) is 2. The SMILES string of the molecule is [B]c1cc2cccc(OC)c2n1C(=O)OC(C)(C)C. The van der Waals surface area contributed by atoms with Gasteiger partial charge in [0.2, 0.25) is 0 Å². The monoisotopic (exact) mass is 257 g/mol. The molecule has 0 saturated heterocycles. The predicted molar refractivity (Wildman–Crippen MR) is 75.5 cm³/mol. The van der Waals surface area contributed by atoms with Gasteiger partial charge in [0.05, 0.1) is 7.11 Å². The maximum absolute atomic E-state index is 12.2. The first kappa shape index (κ1) is 13.5. The maximum atomic E-state index is 12.2. The number of methoxy groups -OCH3 is 1. The van der Waals surface area contributed by atoms with E-state index < -0.39 is 11.7 Å². The summed E-state index contributed by atoms with van der Waals surface area (Å²) in [5.41, 5.74) is 0.368. The smallest absolute Gasteiger partial charge is 0.418 e. The third kappa shape index (κ3) is 2.60. The highest BCUT2D eigenvalue weighted by atomic mass is 16.6. The Morgan fingerprint density at radius 1 is 1.32 bits per heavy atom. The zero-order valence-electron chi connectivity index (χ0n) is 11.6. The number of hydrogen-bond acceptors (Lipinski definition) is 3. The van der Waals surface area contributed by atoms with Gasteiger partial charge >= 0.3 is 6.09 Å². The van der Waals surface area contributed by atoms with Crippen molar-refractivity contribution in [3.8, 4) is 5.75 Å². The lowest BCUT2D eigenvalue weighted by atomic mass is 10.1. The summed E-state index contributed by atoms with van der Waals surface area (Å²) in [6, 6.07) is 7.22. The highest BCUT2D eigenvalue weighted by Crippen LogP contribution is 2.26. The summed E-state index contributed by atoms with van der Waals surface area (Å²) < 4.78 is 12.0. The van der Waals surface area contributed by atoms with Gasteiger partial charge in [-0.2, -0.15) is 0 Å². The minimum Gasteiger partial charge on any atom is -0.495 e. The Bertz CT molecular complexity index is 625. The molecule has 0 aliphatic carbocycles. The van der Waals surface area contributed by atoms with Crippen molar-refractivity contribution in [2.75, 3.05) is 7.11 Å². The summed E-state index contributed by atoms with van der Waals surface area (Å²) in [7, 11) is 7.46. The van der Waals surface area contributed by atoms with Crippen LogP contribution in [0.3, 0.4) is 0 Å². The number of para-hydroxylation sites is 1. The average Bonchev–Trinajstić information content (AvgIpc) is 2.62. The van der Waals surface area contributed by atoms with E-state index in [4.69, 9.17) is 17.3 Å². The Labute approximate surface area is 113 Å². The number of hydrogen-bond donors (Lipinski definition) is 0. The minimum absolute atomic E-state index is 0.328. The zero-order valence-corrected chi connectivity index (χ0v) is 11.6. The standard InChI is InChI=1S/C14H16BNO3/c1-14(2,3)19-13(17)16-11(15)8-9-6-5-7-10(18-4)12(9)16/h5-8H,1-4H3. The fourth-order valence-corrected chi connectivity index (χ4v) is 1.92. The maximum Gasteiger partial charge on any atom is 0.418 e. The molecule has 2 radical (unpaired) electrons. The molecule has 1 aromatic carbocycles. The van der Waals surface area contributed by atoms with Crippen LogP contribution in [0.1, 0.15) is 20.8 Å². The van der Waals surface area contributed by atoms with Crippen molar-refractivity contribution in [1.82, 2.24) is 4.57 Å². The molecule has 0 bridgehead atoms. The van der Waals surface area contributed by atoms with Crippen molar-refractivity contribution in [1.29, 1.82) is 0 Å². The van der Waals surface area contributed by atoms with Crippen LogP contribution in [0.15, 0.2) is 24.3 Å². The van der Waals surface area contributed by atoms with E-state index in [0.717, 1.165) is 5.39 Å². The summed E-state index contributed by atoms with van der Waals surface area (Å²) in [6.45, 7) is 5.43. The lowest BCUT2D eigenvalue weighted by Crippen LogP contribution is -2.32. The van der Waals surface area contributed by atoms with Gasteiger partial charge in [-0.25, -0.2) is 4.79 Å². The van der Waals surface area contributed by atoms with Gasteiger partial charge in [-0.3, -0.25) is 4.57 Å². The summed E-state index contributed by atoms with van der Waals surface area (Å²) in [4.78, 5) is 12.2. The van der Waals surface area contributed by atoms with Gasteiger partial charge in [0.25, 0.3) is 0 Å². The van der Waals surface area contributed by atoms with Crippen LogP contribution in [-0.2, 0) is 4.74 Å². The van der Waals surface area contributed by atoms with Crippen molar-refractivity contribution in [3.05, 3.63) is 24.3 Å². The molecule has 1 aromatic heterocycles. The van der Waals surface area contributed by atoms with E-state index in [1.165, 1.54) is 4.57 Å². The van der Waals surface area contributed by atoms with E-state index in [9.17, 15) is 4.79 Å². The van der Waals surface area contributed by atoms with Crippen molar-refractivity contribution in [2.45, 2.75) is 26.4 Å². The summed E-state index contributed by atoms with van der Waals surface area (Å²) in [6.07, 6.45) is -0.510. The molecule has 0 aliphatic heterocycles. The van der Waals surface area contributed by atoms with Crippen LogP contribution >= 0.6 is 0 Å². The van der Waals surface area contributed by atoms with E-state index in [0.29, 0.717) is 16.9 Å². The largest absolute Gasteiger partial charge is 0.495 e. The van der Waals surface area contributed by atoms with Gasteiger partial charge in [0.1, 0.15) is 24.7 Å². The Morgan fingerprint density at radius 2 is 2.00 bits per heavy atom. The first-order valence-electron chi connectivity index (χ1n) is 6.01. The molecule has 0 fully saturated rings. The fraction of sp³-hybridized carbons (Fsp3) is 0.357. The van der Waals surface area contributed by atoms with Gasteiger partial charge < -0.3 is 9.47 Å². The summed E-state index contributed by atoms with van der Waals surface area (Å²) >= 11 is 0. The Balaban J connectivity index is 2.59. The molecular weight excluding hydrogens is 241 g/mol. The minimum atomic E-state index is -0.581. The topological polar surface area (TPSA) is 40.5 Å². The number of carbonyl (C=O) groups is 1. The second-order valence-corrected chi connectivity index (χ2v) is 5.28. The Morgan fingerprint density at radius 3 is 2.58 bits per heavy atom. The van der Waals surface area contributed by atoms with E-state index in [-0.39, 0.29) is 0 Å². The highest BCUT2D eigenvalue weighted by molar-refractivity contribution is 6.34. The number of carbonyl (C=O) groups excluding carboxylic acids is 1. The quantitative estimate of drug-likeness (QED) is 0.735. The van der Waals surface area contributed by atoms with Crippen molar-refractivity contribution < 1.29 is 14.3 Å². The Kier molecular flexibility index (Phi) is 3.31. The van der Waals surface area contributed by atoms with Gasteiger partial charge in [0, 0.05) is 5.39 Å². The second kappa shape index (κ2) is 4.65. The molecule has 0 saturated carbocycles. The normalized spacial score (nSPS) is 11.6. The van der Waals surface area contributed by atoms with Crippen LogP contribution in [0.5, 0.6) is 5.75 Å². The van der Waals surface area contributed by atoms with Crippen molar-refractivity contribution >= 4 is 30.4 Å². The molecule has 19 heavy (non-hydrogen) atoms. The molecule has 98 valence electrons. The molecule has 2 aromatic rings. The van der Waals surface area contributed by atoms with Crippen LogP contribution in [0.2, 0.25) is 0 Å². The number of fused-ring (bicyclic) bond motifs is 1. The summed E-state index contributed by atoms with van der Waals surface area (Å²) in [5, 5.41) is 0.836. The number of rotatable bonds is 1. The van der Waals surface area contributed by atoms with Crippen LogP contribution in [0, 0.1) is 0 Å². The molecule has 1 heterocycles. The predicted octanol–water partition coefficient (Wildman–Crippen LogP) is 2.23. The molecule has 0 atom stereocenters. The van der Waals surface area contributed by atoms with Crippen LogP contribution in [0.25, 0.3) is 10.9 Å². The van der Waals surface area contributed by atoms with E-state index in [1.54, 1.807) is 19.2 Å². The third-order valence-electron chi connectivity index (χ3n) is 2.61. The van der Waals surface area contributed by atoms with Crippen molar-refractivity contribution in [3.63, 3.8) is 0 Å². The van der Waals surface area contributed by atoms with Gasteiger partial charge in [0.15, 0.2) is 0 Å². The van der Waals surface area contributed by atoms with E-state index in [1.807, 2.05) is 32.9 Å². The lowest BCUT2D eigenvalue weighted by molar-refractivity contribution is 0.0549. The van der Waals surface area contributed by atoms with Crippen LogP contribution in [0.4, 0.5) is 4.79 Å². The third-order valence-corrected chi connectivity index (χ3v) is 2.61. The van der Waals surface area contributed by atoms with Gasteiger partial charge in [-0.15, -0.1) is 0 Å². The molecule has 4 nitrogen and oxygen atoms in total. The average molecular weight is 257 g/mol. The summed E-state index contributed by atoms with van der Waals surface area (Å²) in [5.74, 6) is 0.583. The highest BCUT2D eigenvalue weighted by Gasteiger charge is 2.22. The molecule has 0 N–H and O–H groups in total.